The maximum Gasteiger partial charge on any atom is 0.253 e. The van der Waals surface area contributed by atoms with Crippen LogP contribution < -0.4 is 10.9 Å². The Morgan fingerprint density at radius 2 is 1.70 bits per heavy atom. The van der Waals surface area contributed by atoms with Gasteiger partial charge in [0.2, 0.25) is 10.0 Å². The summed E-state index contributed by atoms with van der Waals surface area (Å²) in [5.41, 5.74) is 1.09. The van der Waals surface area contributed by atoms with Crippen LogP contribution in [0.4, 0.5) is 4.39 Å². The Morgan fingerprint density at radius 1 is 1.03 bits per heavy atom. The van der Waals surface area contributed by atoms with Crippen molar-refractivity contribution >= 4 is 15.9 Å². The monoisotopic (exact) mass is 470 g/mol. The van der Waals surface area contributed by atoms with Crippen LogP contribution in [0.1, 0.15) is 23.2 Å². The predicted molar refractivity (Wildman–Crippen MR) is 121 cm³/mol. The molecular formula is C23H23FN4O4S. The first-order valence-corrected chi connectivity index (χ1v) is 12.0. The number of benzene rings is 2. The van der Waals surface area contributed by atoms with Gasteiger partial charge in [0.25, 0.3) is 11.5 Å². The van der Waals surface area contributed by atoms with Gasteiger partial charge in [-0.1, -0.05) is 0 Å². The fourth-order valence-electron chi connectivity index (χ4n) is 3.62. The van der Waals surface area contributed by atoms with Crippen LogP contribution in [0.15, 0.2) is 70.6 Å². The van der Waals surface area contributed by atoms with Gasteiger partial charge in [-0.05, 0) is 61.4 Å². The van der Waals surface area contributed by atoms with Gasteiger partial charge in [-0.15, -0.1) is 0 Å². The summed E-state index contributed by atoms with van der Waals surface area (Å²) in [5, 5.41) is 2.71. The average molecular weight is 471 g/mol. The number of aromatic nitrogens is 2. The molecule has 0 radical (unpaired) electrons. The maximum absolute atomic E-state index is 13.1. The second-order valence-electron chi connectivity index (χ2n) is 7.70. The molecule has 1 N–H and O–H groups in total. The SMILES string of the molecule is O=C(NCCn1cnc(-c2ccc(F)cc2)cc1=O)c1ccc(S(=O)(=O)N2CCCC2)cc1. The molecule has 0 spiro atoms. The van der Waals surface area contributed by atoms with Gasteiger partial charge in [-0.25, -0.2) is 17.8 Å². The Bertz CT molecular complexity index is 1300. The van der Waals surface area contributed by atoms with Gasteiger partial charge in [0.05, 0.1) is 16.9 Å². The zero-order valence-corrected chi connectivity index (χ0v) is 18.6. The number of hydrogen-bond donors (Lipinski definition) is 1. The third kappa shape index (κ3) is 5.18. The minimum absolute atomic E-state index is 0.167. The zero-order chi connectivity index (χ0) is 23.4. The molecule has 10 heteroatoms. The molecule has 1 fully saturated rings. The van der Waals surface area contributed by atoms with E-state index in [1.807, 2.05) is 0 Å². The highest BCUT2D eigenvalue weighted by atomic mass is 32.2. The van der Waals surface area contributed by atoms with E-state index in [1.165, 1.54) is 57.7 Å². The second kappa shape index (κ2) is 9.63. The molecule has 3 aromatic rings. The van der Waals surface area contributed by atoms with E-state index < -0.39 is 10.0 Å². The van der Waals surface area contributed by atoms with E-state index >= 15 is 0 Å². The van der Waals surface area contributed by atoms with Crippen molar-refractivity contribution in [3.05, 3.63) is 82.7 Å². The van der Waals surface area contributed by atoms with Gasteiger partial charge in [0, 0.05) is 43.4 Å². The van der Waals surface area contributed by atoms with Crippen molar-refractivity contribution in [2.45, 2.75) is 24.3 Å². The van der Waals surface area contributed by atoms with Gasteiger partial charge < -0.3 is 5.32 Å². The Morgan fingerprint density at radius 3 is 2.33 bits per heavy atom. The average Bonchev–Trinajstić information content (AvgIpc) is 3.37. The lowest BCUT2D eigenvalue weighted by Gasteiger charge is -2.15. The van der Waals surface area contributed by atoms with Gasteiger partial charge >= 0.3 is 0 Å². The first-order valence-electron chi connectivity index (χ1n) is 10.6. The number of nitrogens with zero attached hydrogens (tertiary/aromatic N) is 3. The second-order valence-corrected chi connectivity index (χ2v) is 9.64. The molecule has 0 unspecified atom stereocenters. The molecule has 2 aromatic carbocycles. The molecule has 1 amide bonds. The minimum atomic E-state index is -3.53. The number of carbonyl (C=O) groups is 1. The van der Waals surface area contributed by atoms with Gasteiger partial charge in [-0.3, -0.25) is 14.2 Å². The molecule has 8 nitrogen and oxygen atoms in total. The number of hydrogen-bond acceptors (Lipinski definition) is 5. The van der Waals surface area contributed by atoms with Gasteiger partial charge in [-0.2, -0.15) is 4.31 Å². The first kappa shape index (κ1) is 22.8. The van der Waals surface area contributed by atoms with Gasteiger partial charge in [0.1, 0.15) is 5.82 Å². The zero-order valence-electron chi connectivity index (χ0n) is 17.8. The van der Waals surface area contributed by atoms with Gasteiger partial charge in [0.15, 0.2) is 0 Å². The van der Waals surface area contributed by atoms with E-state index in [9.17, 15) is 22.4 Å². The molecule has 1 aliphatic rings. The summed E-state index contributed by atoms with van der Waals surface area (Å²) in [6.07, 6.45) is 3.09. The highest BCUT2D eigenvalue weighted by Crippen LogP contribution is 2.21. The Kier molecular flexibility index (Phi) is 6.66. The molecule has 0 saturated carbocycles. The Hall–Kier alpha value is -3.37. The standard InChI is InChI=1S/C23H23FN4O4S/c24-19-7-3-17(4-8-19)21-15-22(29)27(16-26-21)14-11-25-23(30)18-5-9-20(10-6-18)33(31,32)28-12-1-2-13-28/h3-10,15-16H,1-2,11-14H2,(H,25,30). The van der Waals surface area contributed by atoms with Crippen molar-refractivity contribution in [3.8, 4) is 11.3 Å². The number of nitrogens with one attached hydrogen (secondary N) is 1. The van der Waals surface area contributed by atoms with Crippen molar-refractivity contribution in [3.63, 3.8) is 0 Å². The number of rotatable bonds is 7. The Labute approximate surface area is 190 Å². The van der Waals surface area contributed by atoms with E-state index in [2.05, 4.69) is 10.3 Å². The largest absolute Gasteiger partial charge is 0.350 e. The van der Waals surface area contributed by atoms with Crippen LogP contribution >= 0.6 is 0 Å². The van der Waals surface area contributed by atoms with Crippen LogP contribution in [0.5, 0.6) is 0 Å². The highest BCUT2D eigenvalue weighted by molar-refractivity contribution is 7.89. The fraction of sp³-hybridized carbons (Fsp3) is 0.261. The quantitative estimate of drug-likeness (QED) is 0.571. The summed E-state index contributed by atoms with van der Waals surface area (Å²) in [7, 11) is -3.53. The van der Waals surface area contributed by atoms with Crippen LogP contribution in [-0.4, -0.2) is 47.8 Å². The number of carbonyl (C=O) groups excluding carboxylic acids is 1. The van der Waals surface area contributed by atoms with Crippen LogP contribution in [-0.2, 0) is 16.6 Å². The molecule has 1 aliphatic heterocycles. The molecule has 4 rings (SSSR count). The third-order valence-corrected chi connectivity index (χ3v) is 7.39. The summed E-state index contributed by atoms with van der Waals surface area (Å²) in [5.74, 6) is -0.741. The lowest BCUT2D eigenvalue weighted by molar-refractivity contribution is 0.0952. The molecule has 172 valence electrons. The Balaban J connectivity index is 1.34. The highest BCUT2D eigenvalue weighted by Gasteiger charge is 2.27. The van der Waals surface area contributed by atoms with Crippen molar-refractivity contribution in [1.82, 2.24) is 19.2 Å². The molecule has 33 heavy (non-hydrogen) atoms. The fourth-order valence-corrected chi connectivity index (χ4v) is 5.14. The third-order valence-electron chi connectivity index (χ3n) is 5.48. The smallest absolute Gasteiger partial charge is 0.253 e. The van der Waals surface area contributed by atoms with Crippen molar-refractivity contribution in [1.29, 1.82) is 0 Å². The number of amides is 1. The number of halogens is 1. The molecular weight excluding hydrogens is 447 g/mol. The molecule has 0 aliphatic carbocycles. The van der Waals surface area contributed by atoms with Crippen molar-refractivity contribution in [2.75, 3.05) is 19.6 Å². The molecule has 0 bridgehead atoms. The van der Waals surface area contributed by atoms with Crippen molar-refractivity contribution in [2.24, 2.45) is 0 Å². The van der Waals surface area contributed by atoms with E-state index in [0.717, 1.165) is 12.8 Å². The summed E-state index contributed by atoms with van der Waals surface area (Å²) < 4.78 is 41.0. The van der Waals surface area contributed by atoms with Crippen LogP contribution in [0.25, 0.3) is 11.3 Å². The van der Waals surface area contributed by atoms with Crippen LogP contribution in [0, 0.1) is 5.82 Å². The van der Waals surface area contributed by atoms with E-state index in [1.54, 1.807) is 12.1 Å². The van der Waals surface area contributed by atoms with E-state index in [0.29, 0.717) is 29.9 Å². The molecule has 2 heterocycles. The maximum atomic E-state index is 13.1. The van der Waals surface area contributed by atoms with Crippen molar-refractivity contribution < 1.29 is 17.6 Å². The molecule has 0 atom stereocenters. The van der Waals surface area contributed by atoms with E-state index in [-0.39, 0.29) is 35.3 Å². The summed E-state index contributed by atoms with van der Waals surface area (Å²) in [4.78, 5) is 29.1. The predicted octanol–water partition coefficient (Wildman–Crippen LogP) is 2.26. The molecule has 1 aromatic heterocycles. The number of sulfonamides is 1. The molecule has 1 saturated heterocycles. The van der Waals surface area contributed by atoms with E-state index in [4.69, 9.17) is 0 Å². The van der Waals surface area contributed by atoms with Crippen LogP contribution in [0.3, 0.4) is 0 Å². The lowest BCUT2D eigenvalue weighted by Crippen LogP contribution is -2.31. The minimum Gasteiger partial charge on any atom is -0.350 e. The first-order chi connectivity index (χ1) is 15.8. The lowest BCUT2D eigenvalue weighted by atomic mass is 10.1. The summed E-state index contributed by atoms with van der Waals surface area (Å²) in [6.45, 7) is 1.43. The normalized spacial score (nSPS) is 14.3. The summed E-state index contributed by atoms with van der Waals surface area (Å²) in [6, 6.07) is 12.9. The summed E-state index contributed by atoms with van der Waals surface area (Å²) >= 11 is 0. The van der Waals surface area contributed by atoms with Crippen LogP contribution in [0.2, 0.25) is 0 Å². The topological polar surface area (TPSA) is 101 Å².